The molecule has 1 aliphatic heterocycles. The van der Waals surface area contributed by atoms with Crippen molar-refractivity contribution in [3.05, 3.63) is 29.3 Å². The van der Waals surface area contributed by atoms with Crippen molar-refractivity contribution in [1.82, 2.24) is 0 Å². The molecule has 19 heavy (non-hydrogen) atoms. The molecule has 0 N–H and O–H groups in total. The summed E-state index contributed by atoms with van der Waals surface area (Å²) in [6.45, 7) is 0.458. The highest BCUT2D eigenvalue weighted by atomic mass is 35.5. The highest BCUT2D eigenvalue weighted by Gasteiger charge is 2.33. The largest absolute Gasteiger partial charge is 0.312 e. The Balaban J connectivity index is 2.03. The fourth-order valence-corrected chi connectivity index (χ4v) is 2.51. The summed E-state index contributed by atoms with van der Waals surface area (Å²) < 4.78 is 26.5. The minimum atomic E-state index is -3.51. The number of anilines is 1. The van der Waals surface area contributed by atoms with Crippen LogP contribution in [0.3, 0.4) is 0 Å². The lowest BCUT2D eigenvalue weighted by atomic mass is 10.1. The van der Waals surface area contributed by atoms with Gasteiger partial charge in [-0.1, -0.05) is 11.6 Å². The number of amides is 1. The van der Waals surface area contributed by atoms with Gasteiger partial charge >= 0.3 is 0 Å². The van der Waals surface area contributed by atoms with Gasteiger partial charge in [0.1, 0.15) is 0 Å². The van der Waals surface area contributed by atoms with E-state index in [1.165, 1.54) is 0 Å². The summed E-state index contributed by atoms with van der Waals surface area (Å²) in [7, 11) is -3.51. The van der Waals surface area contributed by atoms with Crippen molar-refractivity contribution in [1.29, 1.82) is 0 Å². The number of benzene rings is 1. The summed E-state index contributed by atoms with van der Waals surface area (Å²) in [6, 6.07) is 6.95. The van der Waals surface area contributed by atoms with E-state index >= 15 is 0 Å². The van der Waals surface area contributed by atoms with Crippen LogP contribution in [0.2, 0.25) is 5.02 Å². The molecule has 1 saturated heterocycles. The van der Waals surface area contributed by atoms with Crippen molar-refractivity contribution in [2.45, 2.75) is 6.42 Å². The van der Waals surface area contributed by atoms with Gasteiger partial charge in [0.25, 0.3) is 10.1 Å². The van der Waals surface area contributed by atoms with Crippen molar-refractivity contribution in [2.24, 2.45) is 5.92 Å². The predicted molar refractivity (Wildman–Crippen MR) is 72.7 cm³/mol. The van der Waals surface area contributed by atoms with E-state index in [9.17, 15) is 13.2 Å². The second-order valence-corrected chi connectivity index (χ2v) is 6.52. The maximum absolute atomic E-state index is 12.1. The maximum atomic E-state index is 12.1. The van der Waals surface area contributed by atoms with E-state index in [-0.39, 0.29) is 12.5 Å². The molecule has 2 rings (SSSR count). The van der Waals surface area contributed by atoms with Crippen LogP contribution in [0.1, 0.15) is 6.42 Å². The van der Waals surface area contributed by atoms with Crippen LogP contribution in [0.15, 0.2) is 24.3 Å². The first-order chi connectivity index (χ1) is 8.87. The van der Waals surface area contributed by atoms with Crippen molar-refractivity contribution >= 4 is 33.3 Å². The first kappa shape index (κ1) is 14.3. The number of halogens is 1. The Hall–Kier alpha value is -1.11. The Morgan fingerprint density at radius 2 is 2.00 bits per heavy atom. The smallest absolute Gasteiger partial charge is 0.264 e. The minimum absolute atomic E-state index is 0.0955. The number of carbonyl (C=O) groups is 1. The summed E-state index contributed by atoms with van der Waals surface area (Å²) >= 11 is 5.79. The molecule has 0 aromatic heterocycles. The maximum Gasteiger partial charge on any atom is 0.264 e. The number of hydrogen-bond donors (Lipinski definition) is 0. The molecular weight excluding hydrogens is 290 g/mol. The molecule has 5 nitrogen and oxygen atoms in total. The fraction of sp³-hybridized carbons (Fsp3) is 0.417. The predicted octanol–water partition coefficient (Wildman–Crippen LogP) is 1.67. The fourth-order valence-electron chi connectivity index (χ4n) is 1.98. The van der Waals surface area contributed by atoms with E-state index in [4.69, 9.17) is 15.8 Å². The van der Waals surface area contributed by atoms with Crippen LogP contribution in [-0.2, 0) is 19.1 Å². The van der Waals surface area contributed by atoms with Gasteiger partial charge in [0, 0.05) is 17.3 Å². The number of rotatable bonds is 4. The van der Waals surface area contributed by atoms with Gasteiger partial charge in [-0.3, -0.25) is 8.98 Å². The average Bonchev–Trinajstić information content (AvgIpc) is 2.68. The van der Waals surface area contributed by atoms with Crippen molar-refractivity contribution in [3.63, 3.8) is 0 Å². The second kappa shape index (κ2) is 5.48. The van der Waals surface area contributed by atoms with Gasteiger partial charge in [-0.15, -0.1) is 0 Å². The van der Waals surface area contributed by atoms with Gasteiger partial charge in [-0.05, 0) is 30.7 Å². The Labute approximate surface area is 117 Å². The van der Waals surface area contributed by atoms with Crippen LogP contribution in [0.4, 0.5) is 5.69 Å². The molecule has 1 heterocycles. The Morgan fingerprint density at radius 1 is 1.37 bits per heavy atom. The molecule has 1 amide bonds. The van der Waals surface area contributed by atoms with E-state index in [1.807, 2.05) is 0 Å². The monoisotopic (exact) mass is 303 g/mol. The van der Waals surface area contributed by atoms with Crippen LogP contribution in [0, 0.1) is 5.92 Å². The molecule has 0 saturated carbocycles. The van der Waals surface area contributed by atoms with Crippen LogP contribution >= 0.6 is 11.6 Å². The van der Waals surface area contributed by atoms with Gasteiger partial charge in [-0.25, -0.2) is 0 Å². The van der Waals surface area contributed by atoms with Crippen LogP contribution in [-0.4, -0.2) is 33.7 Å². The SMILES string of the molecule is CS(=O)(=O)OCC1CCN(c2ccc(Cl)cc2)C1=O. The lowest BCUT2D eigenvalue weighted by Crippen LogP contribution is -2.29. The molecule has 7 heteroatoms. The quantitative estimate of drug-likeness (QED) is 0.794. The summed E-state index contributed by atoms with van der Waals surface area (Å²) in [5, 5.41) is 0.604. The first-order valence-corrected chi connectivity index (χ1v) is 7.97. The Morgan fingerprint density at radius 3 is 2.58 bits per heavy atom. The molecule has 0 radical (unpaired) electrons. The lowest BCUT2D eigenvalue weighted by Gasteiger charge is -2.16. The molecule has 0 bridgehead atoms. The standard InChI is InChI=1S/C12H14ClNO4S/c1-19(16,17)18-8-9-6-7-14(12(9)15)11-4-2-10(13)3-5-11/h2-5,9H,6-8H2,1H3. The minimum Gasteiger partial charge on any atom is -0.312 e. The van der Waals surface area contributed by atoms with Crippen molar-refractivity contribution < 1.29 is 17.4 Å². The van der Waals surface area contributed by atoms with Gasteiger partial charge in [-0.2, -0.15) is 8.42 Å². The third kappa shape index (κ3) is 3.68. The number of carbonyl (C=O) groups excluding carboxylic acids is 1. The van der Waals surface area contributed by atoms with E-state index in [0.29, 0.717) is 18.0 Å². The third-order valence-corrected chi connectivity index (χ3v) is 3.75. The summed E-state index contributed by atoms with van der Waals surface area (Å²) in [5.74, 6) is -0.531. The van der Waals surface area contributed by atoms with Gasteiger partial charge in [0.2, 0.25) is 5.91 Å². The van der Waals surface area contributed by atoms with Crippen LogP contribution < -0.4 is 4.90 Å². The summed E-state index contributed by atoms with van der Waals surface area (Å²) in [6.07, 6.45) is 1.56. The van der Waals surface area contributed by atoms with Gasteiger partial charge in [0.05, 0.1) is 18.8 Å². The zero-order valence-corrected chi connectivity index (χ0v) is 11.9. The molecule has 104 valence electrons. The lowest BCUT2D eigenvalue weighted by molar-refractivity contribution is -0.121. The topological polar surface area (TPSA) is 63.7 Å². The molecule has 1 atom stereocenters. The van der Waals surface area contributed by atoms with E-state index in [2.05, 4.69) is 0 Å². The molecule has 1 aromatic carbocycles. The van der Waals surface area contributed by atoms with Gasteiger partial charge < -0.3 is 4.90 Å². The van der Waals surface area contributed by atoms with Crippen molar-refractivity contribution in [3.8, 4) is 0 Å². The van der Waals surface area contributed by atoms with Gasteiger partial charge in [0.15, 0.2) is 0 Å². The molecule has 1 unspecified atom stereocenters. The van der Waals surface area contributed by atoms with E-state index < -0.39 is 16.0 Å². The molecule has 1 fully saturated rings. The zero-order chi connectivity index (χ0) is 14.0. The summed E-state index contributed by atoms with van der Waals surface area (Å²) in [5.41, 5.74) is 0.760. The number of nitrogens with zero attached hydrogens (tertiary/aromatic N) is 1. The third-order valence-electron chi connectivity index (χ3n) is 2.94. The van der Waals surface area contributed by atoms with Crippen LogP contribution in [0.5, 0.6) is 0 Å². The molecule has 0 aliphatic carbocycles. The average molecular weight is 304 g/mol. The Bertz CT molecular complexity index is 570. The Kier molecular flexibility index (Phi) is 4.13. The first-order valence-electron chi connectivity index (χ1n) is 5.78. The normalized spacial score (nSPS) is 20.0. The van der Waals surface area contributed by atoms with E-state index in [0.717, 1.165) is 11.9 Å². The van der Waals surface area contributed by atoms with Crippen LogP contribution in [0.25, 0.3) is 0 Å². The molecule has 1 aliphatic rings. The molecule has 1 aromatic rings. The van der Waals surface area contributed by atoms with Crippen molar-refractivity contribution in [2.75, 3.05) is 24.3 Å². The second-order valence-electron chi connectivity index (χ2n) is 4.44. The molecule has 0 spiro atoms. The highest BCUT2D eigenvalue weighted by Crippen LogP contribution is 2.26. The molecular formula is C12H14ClNO4S. The zero-order valence-electron chi connectivity index (χ0n) is 10.4. The van der Waals surface area contributed by atoms with E-state index in [1.54, 1.807) is 29.2 Å². The summed E-state index contributed by atoms with van der Waals surface area (Å²) in [4.78, 5) is 13.7. The highest BCUT2D eigenvalue weighted by molar-refractivity contribution is 7.85. The number of hydrogen-bond acceptors (Lipinski definition) is 4.